The Hall–Kier alpha value is -2.63. The van der Waals surface area contributed by atoms with Crippen molar-refractivity contribution in [2.24, 2.45) is 0 Å². The smallest absolute Gasteiger partial charge is 0.224 e. The van der Waals surface area contributed by atoms with E-state index in [-0.39, 0.29) is 18.4 Å². The number of para-hydroxylation sites is 1. The number of nitrogens with one attached hydrogen (secondary N) is 1. The van der Waals surface area contributed by atoms with Gasteiger partial charge in [0.15, 0.2) is 0 Å². The zero-order chi connectivity index (χ0) is 19.9. The number of aromatic nitrogens is 2. The number of hydrogen-bond donors (Lipinski definition) is 1. The number of ether oxygens (including phenoxy) is 1. The van der Waals surface area contributed by atoms with Crippen LogP contribution in [0.25, 0.3) is 16.9 Å². The van der Waals surface area contributed by atoms with Crippen LogP contribution in [-0.4, -0.2) is 35.4 Å². The van der Waals surface area contributed by atoms with E-state index in [0.29, 0.717) is 11.6 Å². The molecule has 28 heavy (non-hydrogen) atoms. The second-order valence-electron chi connectivity index (χ2n) is 6.59. The van der Waals surface area contributed by atoms with Gasteiger partial charge in [-0.15, -0.1) is 0 Å². The highest BCUT2D eigenvalue weighted by atomic mass is 35.5. The number of nitrogens with zero attached hydrogens (tertiary/aromatic N) is 2. The van der Waals surface area contributed by atoms with Crippen molar-refractivity contribution in [2.75, 3.05) is 13.7 Å². The molecule has 5 nitrogen and oxygen atoms in total. The number of methoxy groups -OCH3 is 1. The van der Waals surface area contributed by atoms with Gasteiger partial charge in [-0.25, -0.2) is 4.68 Å². The number of halogens is 1. The van der Waals surface area contributed by atoms with Crippen LogP contribution in [0.15, 0.2) is 60.8 Å². The Balaban J connectivity index is 1.90. The number of carbonyl (C=O) groups excluding carboxylic acids is 1. The van der Waals surface area contributed by atoms with Crippen molar-refractivity contribution in [2.45, 2.75) is 25.8 Å². The fourth-order valence-electron chi connectivity index (χ4n) is 3.02. The van der Waals surface area contributed by atoms with Crippen LogP contribution in [0.1, 0.15) is 18.9 Å². The van der Waals surface area contributed by atoms with E-state index in [1.807, 2.05) is 67.7 Å². The normalized spacial score (nSPS) is 12.0. The lowest BCUT2D eigenvalue weighted by molar-refractivity contribution is -0.121. The standard InChI is InChI=1S/C22H24ClN3O2/c1-3-19(15-28-2)24-21(27)13-17-14-26(20-7-5-4-6-8-20)25-22(17)16-9-11-18(23)12-10-16/h4-12,14,19H,3,13,15H2,1-2H3,(H,24,27). The predicted octanol–water partition coefficient (Wildman–Crippen LogP) is 4.28. The van der Waals surface area contributed by atoms with Crippen molar-refractivity contribution < 1.29 is 9.53 Å². The Bertz CT molecular complexity index is 907. The van der Waals surface area contributed by atoms with Gasteiger partial charge in [0.1, 0.15) is 0 Å². The molecule has 0 bridgehead atoms. The third kappa shape index (κ3) is 5.00. The third-order valence-electron chi connectivity index (χ3n) is 4.51. The molecule has 146 valence electrons. The van der Waals surface area contributed by atoms with Crippen molar-refractivity contribution in [3.8, 4) is 16.9 Å². The minimum atomic E-state index is -0.0493. The first-order valence-electron chi connectivity index (χ1n) is 9.29. The average Bonchev–Trinajstić information content (AvgIpc) is 3.12. The zero-order valence-corrected chi connectivity index (χ0v) is 16.8. The first kappa shape index (κ1) is 20.1. The van der Waals surface area contributed by atoms with Crippen LogP contribution < -0.4 is 5.32 Å². The summed E-state index contributed by atoms with van der Waals surface area (Å²) in [6, 6.07) is 17.3. The molecular formula is C22H24ClN3O2. The maximum absolute atomic E-state index is 12.6. The molecule has 1 aromatic heterocycles. The number of rotatable bonds is 8. The number of hydrogen-bond acceptors (Lipinski definition) is 3. The van der Waals surface area contributed by atoms with Gasteiger partial charge < -0.3 is 10.1 Å². The van der Waals surface area contributed by atoms with Gasteiger partial charge in [-0.3, -0.25) is 4.79 Å². The topological polar surface area (TPSA) is 56.1 Å². The SMILES string of the molecule is CCC(COC)NC(=O)Cc1cn(-c2ccccc2)nc1-c1ccc(Cl)cc1. The molecule has 1 atom stereocenters. The zero-order valence-electron chi connectivity index (χ0n) is 16.1. The van der Waals surface area contributed by atoms with Gasteiger partial charge in [-0.1, -0.05) is 48.9 Å². The van der Waals surface area contributed by atoms with Gasteiger partial charge in [-0.05, 0) is 30.7 Å². The molecule has 3 rings (SSSR count). The van der Waals surface area contributed by atoms with E-state index in [1.165, 1.54) is 0 Å². The number of carbonyl (C=O) groups is 1. The van der Waals surface area contributed by atoms with Crippen LogP contribution in [0.3, 0.4) is 0 Å². The molecule has 0 aliphatic carbocycles. The van der Waals surface area contributed by atoms with Gasteiger partial charge in [-0.2, -0.15) is 5.10 Å². The van der Waals surface area contributed by atoms with Crippen molar-refractivity contribution in [1.29, 1.82) is 0 Å². The van der Waals surface area contributed by atoms with E-state index in [9.17, 15) is 4.79 Å². The summed E-state index contributed by atoms with van der Waals surface area (Å²) < 4.78 is 6.97. The molecule has 3 aromatic rings. The summed E-state index contributed by atoms with van der Waals surface area (Å²) in [5.41, 5.74) is 3.49. The summed E-state index contributed by atoms with van der Waals surface area (Å²) in [5, 5.41) is 8.43. The summed E-state index contributed by atoms with van der Waals surface area (Å²) in [5.74, 6) is -0.0493. The van der Waals surface area contributed by atoms with Crippen LogP contribution in [0.2, 0.25) is 5.02 Å². The Kier molecular flexibility index (Phi) is 6.85. The first-order chi connectivity index (χ1) is 13.6. The van der Waals surface area contributed by atoms with Crippen LogP contribution in [-0.2, 0) is 16.0 Å². The van der Waals surface area contributed by atoms with Gasteiger partial charge in [0, 0.05) is 29.5 Å². The fraction of sp³-hybridized carbons (Fsp3) is 0.273. The molecule has 0 radical (unpaired) electrons. The van der Waals surface area contributed by atoms with Crippen molar-refractivity contribution in [3.05, 3.63) is 71.4 Å². The lowest BCUT2D eigenvalue weighted by atomic mass is 10.1. The van der Waals surface area contributed by atoms with Crippen LogP contribution >= 0.6 is 11.6 Å². The molecule has 6 heteroatoms. The molecule has 0 fully saturated rings. The molecule has 0 aliphatic heterocycles. The minimum absolute atomic E-state index is 0.000602. The van der Waals surface area contributed by atoms with Crippen LogP contribution in [0, 0.1) is 0 Å². The maximum Gasteiger partial charge on any atom is 0.224 e. The van der Waals surface area contributed by atoms with E-state index in [4.69, 9.17) is 21.4 Å². The molecule has 0 spiro atoms. The van der Waals surface area contributed by atoms with E-state index in [2.05, 4.69) is 5.32 Å². The van der Waals surface area contributed by atoms with Crippen molar-refractivity contribution in [3.63, 3.8) is 0 Å². The second-order valence-corrected chi connectivity index (χ2v) is 7.03. The Morgan fingerprint density at radius 1 is 1.18 bits per heavy atom. The molecule has 0 aliphatic rings. The van der Waals surface area contributed by atoms with Crippen molar-refractivity contribution >= 4 is 17.5 Å². The lowest BCUT2D eigenvalue weighted by Gasteiger charge is -2.15. The highest BCUT2D eigenvalue weighted by Crippen LogP contribution is 2.25. The molecule has 2 aromatic carbocycles. The molecule has 0 saturated carbocycles. The van der Waals surface area contributed by atoms with Crippen LogP contribution in [0.5, 0.6) is 0 Å². The van der Waals surface area contributed by atoms with Crippen molar-refractivity contribution in [1.82, 2.24) is 15.1 Å². The molecule has 1 unspecified atom stereocenters. The van der Waals surface area contributed by atoms with E-state index < -0.39 is 0 Å². The highest BCUT2D eigenvalue weighted by Gasteiger charge is 2.17. The summed E-state index contributed by atoms with van der Waals surface area (Å²) >= 11 is 6.03. The summed E-state index contributed by atoms with van der Waals surface area (Å²) in [6.45, 7) is 2.52. The predicted molar refractivity (Wildman–Crippen MR) is 112 cm³/mol. The summed E-state index contributed by atoms with van der Waals surface area (Å²) in [6.07, 6.45) is 2.97. The average molecular weight is 398 g/mol. The molecule has 0 saturated heterocycles. The Labute approximate surface area is 170 Å². The summed E-state index contributed by atoms with van der Waals surface area (Å²) in [4.78, 5) is 12.6. The largest absolute Gasteiger partial charge is 0.383 e. The summed E-state index contributed by atoms with van der Waals surface area (Å²) in [7, 11) is 1.64. The lowest BCUT2D eigenvalue weighted by Crippen LogP contribution is -2.38. The Morgan fingerprint density at radius 3 is 2.54 bits per heavy atom. The van der Waals surface area contributed by atoms with E-state index in [1.54, 1.807) is 11.8 Å². The minimum Gasteiger partial charge on any atom is -0.383 e. The van der Waals surface area contributed by atoms with Crippen LogP contribution in [0.4, 0.5) is 0 Å². The van der Waals surface area contributed by atoms with Gasteiger partial charge in [0.2, 0.25) is 5.91 Å². The Morgan fingerprint density at radius 2 is 1.89 bits per heavy atom. The van der Waals surface area contributed by atoms with Gasteiger partial charge in [0.05, 0.1) is 30.5 Å². The maximum atomic E-state index is 12.6. The molecular weight excluding hydrogens is 374 g/mol. The number of amides is 1. The van der Waals surface area contributed by atoms with Gasteiger partial charge in [0.25, 0.3) is 0 Å². The number of benzene rings is 2. The fourth-order valence-corrected chi connectivity index (χ4v) is 3.14. The monoisotopic (exact) mass is 397 g/mol. The molecule has 1 amide bonds. The third-order valence-corrected chi connectivity index (χ3v) is 4.76. The van der Waals surface area contributed by atoms with E-state index in [0.717, 1.165) is 28.9 Å². The second kappa shape index (κ2) is 9.53. The quantitative estimate of drug-likeness (QED) is 0.617. The first-order valence-corrected chi connectivity index (χ1v) is 9.66. The van der Waals surface area contributed by atoms with Gasteiger partial charge >= 0.3 is 0 Å². The highest BCUT2D eigenvalue weighted by molar-refractivity contribution is 6.30. The molecule has 1 heterocycles. The van der Waals surface area contributed by atoms with E-state index >= 15 is 0 Å². The molecule has 1 N–H and O–H groups in total.